The van der Waals surface area contributed by atoms with Gasteiger partial charge in [-0.3, -0.25) is 4.79 Å². The van der Waals surface area contributed by atoms with Crippen molar-refractivity contribution in [3.63, 3.8) is 0 Å². The molecule has 0 atom stereocenters. The van der Waals surface area contributed by atoms with Crippen molar-refractivity contribution in [3.05, 3.63) is 34.8 Å². The van der Waals surface area contributed by atoms with Gasteiger partial charge in [0.1, 0.15) is 10.8 Å². The maximum Gasteiger partial charge on any atom is 0.161 e. The standard InChI is InChI=1S/C13H13NO2S/c1-3-16-12-5-4-9(2)6-11(12)13-14-7-10(8-15)17-13/h4-8H,3H2,1-2H3. The Morgan fingerprint density at radius 2 is 2.29 bits per heavy atom. The monoisotopic (exact) mass is 247 g/mol. The Balaban J connectivity index is 2.48. The van der Waals surface area contributed by atoms with Gasteiger partial charge in [-0.25, -0.2) is 4.98 Å². The summed E-state index contributed by atoms with van der Waals surface area (Å²) in [5.41, 5.74) is 2.09. The van der Waals surface area contributed by atoms with Gasteiger partial charge in [0.25, 0.3) is 0 Å². The van der Waals surface area contributed by atoms with E-state index in [1.807, 2.05) is 32.0 Å². The normalized spacial score (nSPS) is 10.2. The smallest absolute Gasteiger partial charge is 0.161 e. The number of hydrogen-bond donors (Lipinski definition) is 0. The topological polar surface area (TPSA) is 39.2 Å². The number of hydrogen-bond acceptors (Lipinski definition) is 4. The van der Waals surface area contributed by atoms with Gasteiger partial charge >= 0.3 is 0 Å². The summed E-state index contributed by atoms with van der Waals surface area (Å²) < 4.78 is 5.57. The van der Waals surface area contributed by atoms with Crippen molar-refractivity contribution in [1.29, 1.82) is 0 Å². The zero-order chi connectivity index (χ0) is 12.3. The molecule has 1 heterocycles. The molecule has 0 aliphatic rings. The summed E-state index contributed by atoms with van der Waals surface area (Å²) >= 11 is 1.38. The Bertz CT molecular complexity index is 534. The predicted octanol–water partition coefficient (Wildman–Crippen LogP) is 3.33. The quantitative estimate of drug-likeness (QED) is 0.778. The van der Waals surface area contributed by atoms with Crippen LogP contribution in [-0.4, -0.2) is 17.9 Å². The lowest BCUT2D eigenvalue weighted by Crippen LogP contribution is -1.94. The van der Waals surface area contributed by atoms with Crippen LogP contribution in [-0.2, 0) is 0 Å². The molecule has 0 unspecified atom stereocenters. The Morgan fingerprint density at radius 3 is 2.94 bits per heavy atom. The molecular weight excluding hydrogens is 234 g/mol. The van der Waals surface area contributed by atoms with Crippen LogP contribution in [0.5, 0.6) is 5.75 Å². The van der Waals surface area contributed by atoms with Gasteiger partial charge in [0.2, 0.25) is 0 Å². The second-order valence-corrected chi connectivity index (χ2v) is 4.68. The molecular formula is C13H13NO2S. The lowest BCUT2D eigenvalue weighted by molar-refractivity contribution is 0.112. The maximum atomic E-state index is 10.7. The van der Waals surface area contributed by atoms with Crippen molar-refractivity contribution in [3.8, 4) is 16.3 Å². The van der Waals surface area contributed by atoms with Crippen LogP contribution in [0.15, 0.2) is 24.4 Å². The fraction of sp³-hybridized carbons (Fsp3) is 0.231. The van der Waals surface area contributed by atoms with E-state index >= 15 is 0 Å². The van der Waals surface area contributed by atoms with Crippen molar-refractivity contribution in [2.75, 3.05) is 6.61 Å². The fourth-order valence-electron chi connectivity index (χ4n) is 1.56. The number of rotatable bonds is 4. The molecule has 0 spiro atoms. The molecule has 3 nitrogen and oxygen atoms in total. The summed E-state index contributed by atoms with van der Waals surface area (Å²) in [5, 5.41) is 0.819. The van der Waals surface area contributed by atoms with Crippen LogP contribution in [0.2, 0.25) is 0 Å². The maximum absolute atomic E-state index is 10.7. The van der Waals surface area contributed by atoms with E-state index in [-0.39, 0.29) is 0 Å². The van der Waals surface area contributed by atoms with E-state index in [9.17, 15) is 4.79 Å². The zero-order valence-corrected chi connectivity index (χ0v) is 10.6. The molecule has 0 radical (unpaired) electrons. The van der Waals surface area contributed by atoms with Crippen LogP contribution in [0, 0.1) is 6.92 Å². The van der Waals surface area contributed by atoms with Gasteiger partial charge in [0.15, 0.2) is 6.29 Å². The Kier molecular flexibility index (Phi) is 3.54. The number of aldehydes is 1. The second-order valence-electron chi connectivity index (χ2n) is 3.62. The van der Waals surface area contributed by atoms with E-state index in [0.29, 0.717) is 11.5 Å². The Hall–Kier alpha value is -1.68. The average molecular weight is 247 g/mol. The number of aryl methyl sites for hydroxylation is 1. The second kappa shape index (κ2) is 5.10. The summed E-state index contributed by atoms with van der Waals surface area (Å²) in [6.07, 6.45) is 2.41. The number of aromatic nitrogens is 1. The van der Waals surface area contributed by atoms with Gasteiger partial charge < -0.3 is 4.74 Å². The van der Waals surface area contributed by atoms with Crippen LogP contribution < -0.4 is 4.74 Å². The van der Waals surface area contributed by atoms with Gasteiger partial charge in [0, 0.05) is 6.20 Å². The molecule has 17 heavy (non-hydrogen) atoms. The Morgan fingerprint density at radius 1 is 1.47 bits per heavy atom. The van der Waals surface area contributed by atoms with Crippen LogP contribution in [0.3, 0.4) is 0 Å². The van der Waals surface area contributed by atoms with Gasteiger partial charge in [0.05, 0.1) is 17.0 Å². The number of carbonyl (C=O) groups excluding carboxylic acids is 1. The highest BCUT2D eigenvalue weighted by Crippen LogP contribution is 2.33. The van der Waals surface area contributed by atoms with Gasteiger partial charge in [-0.15, -0.1) is 11.3 Å². The number of benzene rings is 1. The average Bonchev–Trinajstić information content (AvgIpc) is 2.80. The number of carbonyl (C=O) groups is 1. The van der Waals surface area contributed by atoms with Crippen molar-refractivity contribution in [2.45, 2.75) is 13.8 Å². The van der Waals surface area contributed by atoms with Gasteiger partial charge in [-0.05, 0) is 26.0 Å². The molecule has 0 bridgehead atoms. The molecule has 0 aliphatic carbocycles. The number of thiazole rings is 1. The molecule has 2 aromatic rings. The minimum absolute atomic E-state index is 0.613. The third kappa shape index (κ3) is 2.53. The van der Waals surface area contributed by atoms with Crippen molar-refractivity contribution in [1.82, 2.24) is 4.98 Å². The molecule has 4 heteroatoms. The summed E-state index contributed by atoms with van der Waals surface area (Å²) in [6.45, 7) is 4.58. The van der Waals surface area contributed by atoms with Crippen molar-refractivity contribution < 1.29 is 9.53 Å². The van der Waals surface area contributed by atoms with Gasteiger partial charge in [-0.1, -0.05) is 11.6 Å². The van der Waals surface area contributed by atoms with Crippen molar-refractivity contribution in [2.24, 2.45) is 0 Å². The summed E-state index contributed by atoms with van der Waals surface area (Å²) in [7, 11) is 0. The molecule has 0 fully saturated rings. The third-order valence-electron chi connectivity index (χ3n) is 2.31. The number of ether oxygens (including phenoxy) is 1. The van der Waals surface area contributed by atoms with Crippen LogP contribution in [0.1, 0.15) is 22.2 Å². The fourth-order valence-corrected chi connectivity index (χ4v) is 2.31. The highest BCUT2D eigenvalue weighted by atomic mass is 32.1. The van der Waals surface area contributed by atoms with E-state index in [0.717, 1.165) is 28.2 Å². The van der Waals surface area contributed by atoms with E-state index in [1.165, 1.54) is 11.3 Å². The Labute approximate surface area is 104 Å². The summed E-state index contributed by atoms with van der Waals surface area (Å²) in [4.78, 5) is 15.5. The highest BCUT2D eigenvalue weighted by molar-refractivity contribution is 7.16. The summed E-state index contributed by atoms with van der Waals surface area (Å²) in [6, 6.07) is 5.97. The first kappa shape index (κ1) is 11.8. The lowest BCUT2D eigenvalue weighted by Gasteiger charge is -2.08. The predicted molar refractivity (Wildman–Crippen MR) is 68.8 cm³/mol. The van der Waals surface area contributed by atoms with Crippen LogP contribution >= 0.6 is 11.3 Å². The molecule has 0 saturated heterocycles. The molecule has 0 saturated carbocycles. The minimum atomic E-state index is 0.613. The number of nitrogens with zero attached hydrogens (tertiary/aromatic N) is 1. The third-order valence-corrected chi connectivity index (χ3v) is 3.26. The van der Waals surface area contributed by atoms with E-state index in [1.54, 1.807) is 6.20 Å². The highest BCUT2D eigenvalue weighted by Gasteiger charge is 2.10. The molecule has 0 N–H and O–H groups in total. The van der Waals surface area contributed by atoms with Crippen LogP contribution in [0.25, 0.3) is 10.6 Å². The first-order valence-corrected chi connectivity index (χ1v) is 6.21. The minimum Gasteiger partial charge on any atom is -0.493 e. The van der Waals surface area contributed by atoms with E-state index < -0.39 is 0 Å². The zero-order valence-electron chi connectivity index (χ0n) is 9.77. The van der Waals surface area contributed by atoms with Gasteiger partial charge in [-0.2, -0.15) is 0 Å². The van der Waals surface area contributed by atoms with E-state index in [4.69, 9.17) is 4.74 Å². The lowest BCUT2D eigenvalue weighted by atomic mass is 10.1. The first-order valence-electron chi connectivity index (χ1n) is 5.39. The molecule has 1 aromatic carbocycles. The molecule has 2 rings (SSSR count). The van der Waals surface area contributed by atoms with E-state index in [2.05, 4.69) is 4.98 Å². The molecule has 0 amide bonds. The van der Waals surface area contributed by atoms with Crippen molar-refractivity contribution >= 4 is 17.6 Å². The van der Waals surface area contributed by atoms with Crippen LogP contribution in [0.4, 0.5) is 0 Å². The molecule has 1 aromatic heterocycles. The molecule has 0 aliphatic heterocycles. The largest absolute Gasteiger partial charge is 0.493 e. The first-order chi connectivity index (χ1) is 8.24. The summed E-state index contributed by atoms with van der Waals surface area (Å²) in [5.74, 6) is 0.810. The molecule has 88 valence electrons. The SMILES string of the molecule is CCOc1ccc(C)cc1-c1ncc(C=O)s1.